The van der Waals surface area contributed by atoms with E-state index in [2.05, 4.69) is 69.3 Å². The smallest absolute Gasteiger partial charge is 0.200 e. The lowest BCUT2D eigenvalue weighted by Crippen LogP contribution is -2.47. The number of aromatic nitrogens is 4. The lowest BCUT2D eigenvalue weighted by molar-refractivity contribution is 0.129. The molecule has 0 spiro atoms. The molecule has 0 atom stereocenters. The average Bonchev–Trinajstić information content (AvgIpc) is 3.54. The Hall–Kier alpha value is -2.46. The maximum Gasteiger partial charge on any atom is 0.200 e. The zero-order chi connectivity index (χ0) is 28.9. The first kappa shape index (κ1) is 30.5. The molecule has 0 saturated heterocycles. The molecule has 0 amide bonds. The summed E-state index contributed by atoms with van der Waals surface area (Å²) in [5, 5.41) is 1.79. The van der Waals surface area contributed by atoms with Crippen molar-refractivity contribution in [2.75, 3.05) is 20.0 Å². The number of aryl methyl sites for hydroxylation is 1. The number of rotatable bonds is 14. The summed E-state index contributed by atoms with van der Waals surface area (Å²) in [5.74, 6) is 0.982. The highest BCUT2D eigenvalue weighted by Gasteiger charge is 2.44. The second kappa shape index (κ2) is 13.5. The van der Waals surface area contributed by atoms with Gasteiger partial charge in [-0.15, -0.1) is 0 Å². The van der Waals surface area contributed by atoms with Gasteiger partial charge in [0.2, 0.25) is 0 Å². The van der Waals surface area contributed by atoms with E-state index in [4.69, 9.17) is 23.5 Å². The number of nitrogens with zero attached hydrogens (tertiary/aromatic N) is 4. The number of furan rings is 1. The fourth-order valence-corrected chi connectivity index (χ4v) is 12.1. The van der Waals surface area contributed by atoms with Gasteiger partial charge in [0.05, 0.1) is 23.3 Å². The number of fused-ring (bicyclic) bond motifs is 1. The summed E-state index contributed by atoms with van der Waals surface area (Å²) < 4.78 is 20.4. The van der Waals surface area contributed by atoms with E-state index in [1.165, 1.54) is 11.8 Å². The van der Waals surface area contributed by atoms with E-state index in [1.807, 2.05) is 24.6 Å². The molecule has 0 saturated carbocycles. The fourth-order valence-electron chi connectivity index (χ4n) is 6.23. The molecule has 0 radical (unpaired) electrons. The Kier molecular flexibility index (Phi) is 10.3. The van der Waals surface area contributed by atoms with E-state index in [1.54, 1.807) is 13.4 Å². The van der Waals surface area contributed by atoms with Gasteiger partial charge in [-0.3, -0.25) is 0 Å². The van der Waals surface area contributed by atoms with Crippen LogP contribution in [0.3, 0.4) is 0 Å². The number of hydrogen-bond donors (Lipinski definition) is 0. The second-order valence-electron chi connectivity index (χ2n) is 11.3. The molecule has 40 heavy (non-hydrogen) atoms. The first-order chi connectivity index (χ1) is 19.2. The molecule has 1 aromatic carbocycles. The van der Waals surface area contributed by atoms with Gasteiger partial charge in [0, 0.05) is 37.3 Å². The minimum atomic E-state index is -1.87. The van der Waals surface area contributed by atoms with Crippen LogP contribution in [0.15, 0.2) is 52.4 Å². The van der Waals surface area contributed by atoms with E-state index < -0.39 is 8.32 Å². The number of methoxy groups -OCH3 is 1. The predicted octanol–water partition coefficient (Wildman–Crippen LogP) is 8.59. The van der Waals surface area contributed by atoms with Gasteiger partial charge in [0.1, 0.15) is 18.1 Å². The molecule has 4 rings (SSSR count). The van der Waals surface area contributed by atoms with Gasteiger partial charge in [0.15, 0.2) is 13.5 Å². The van der Waals surface area contributed by atoms with E-state index in [9.17, 15) is 0 Å². The van der Waals surface area contributed by atoms with Crippen molar-refractivity contribution in [3.8, 4) is 22.6 Å². The third-order valence-corrected chi connectivity index (χ3v) is 14.6. The SMILES string of the molecule is COCn1c(CCCCO[Si](C(C)C)(C(C)C)C(C)C)nc(-c2ccc3ccoc3c2)c1-c1ccnc(SC)n1. The fraction of sp³-hybridized carbons (Fsp3) is 0.516. The van der Waals surface area contributed by atoms with Crippen molar-refractivity contribution in [3.05, 3.63) is 48.6 Å². The molecule has 0 aliphatic carbocycles. The van der Waals surface area contributed by atoms with Crippen LogP contribution in [0.5, 0.6) is 0 Å². The van der Waals surface area contributed by atoms with Gasteiger partial charge in [0.25, 0.3) is 0 Å². The van der Waals surface area contributed by atoms with Crippen molar-refractivity contribution in [1.29, 1.82) is 0 Å². The monoisotopic (exact) mass is 580 g/mol. The standard InChI is InChI=1S/C31H44N4O3SSi/c1-21(2)40(22(3)4,23(5)6)38-17-10-9-11-28-34-29(25-13-12-24-15-18-37-27(24)19-25)30(35(28)20-36-7)26-14-16-32-31(33-26)39-8/h12-16,18-19,21-23H,9-11,17,20H2,1-8H3. The largest absolute Gasteiger partial charge is 0.464 e. The lowest BCUT2D eigenvalue weighted by Gasteiger charge is -2.42. The number of unbranched alkanes of at least 4 members (excludes halogenated alkanes) is 1. The van der Waals surface area contributed by atoms with E-state index in [0.29, 0.717) is 23.4 Å². The van der Waals surface area contributed by atoms with Crippen molar-refractivity contribution in [3.63, 3.8) is 0 Å². The molecule has 9 heteroatoms. The summed E-state index contributed by atoms with van der Waals surface area (Å²) in [7, 11) is -0.146. The molecule has 216 valence electrons. The van der Waals surface area contributed by atoms with E-state index >= 15 is 0 Å². The molecular formula is C31H44N4O3SSi. The number of thioether (sulfide) groups is 1. The van der Waals surface area contributed by atoms with Gasteiger partial charge < -0.3 is 18.1 Å². The van der Waals surface area contributed by atoms with Crippen molar-refractivity contribution in [2.45, 2.75) is 89.3 Å². The summed E-state index contributed by atoms with van der Waals surface area (Å²) in [6.45, 7) is 15.2. The van der Waals surface area contributed by atoms with Gasteiger partial charge >= 0.3 is 0 Å². The molecule has 3 heterocycles. The van der Waals surface area contributed by atoms with Gasteiger partial charge in [-0.05, 0) is 53.9 Å². The van der Waals surface area contributed by atoms with Crippen LogP contribution in [-0.2, 0) is 22.3 Å². The molecule has 4 aromatic rings. The summed E-state index contributed by atoms with van der Waals surface area (Å²) in [6, 6.07) is 10.2. The summed E-state index contributed by atoms with van der Waals surface area (Å²) in [4.78, 5) is 14.4. The topological polar surface area (TPSA) is 75.2 Å². The van der Waals surface area contributed by atoms with E-state index in [-0.39, 0.29) is 0 Å². The Morgan fingerprint density at radius 3 is 2.40 bits per heavy atom. The Bertz CT molecular complexity index is 1380. The zero-order valence-corrected chi connectivity index (χ0v) is 27.0. The molecular weight excluding hydrogens is 537 g/mol. The number of imidazole rings is 1. The Labute approximate surface area is 244 Å². The Balaban J connectivity index is 1.64. The van der Waals surface area contributed by atoms with E-state index in [0.717, 1.165) is 70.5 Å². The zero-order valence-electron chi connectivity index (χ0n) is 25.2. The lowest BCUT2D eigenvalue weighted by atomic mass is 10.1. The molecule has 0 unspecified atom stereocenters. The highest BCUT2D eigenvalue weighted by molar-refractivity contribution is 7.98. The van der Waals surface area contributed by atoms with Crippen LogP contribution in [0, 0.1) is 0 Å². The van der Waals surface area contributed by atoms with Crippen molar-refractivity contribution in [2.24, 2.45) is 0 Å². The highest BCUT2D eigenvalue weighted by atomic mass is 32.2. The Morgan fingerprint density at radius 2 is 1.73 bits per heavy atom. The molecule has 7 nitrogen and oxygen atoms in total. The quantitative estimate of drug-likeness (QED) is 0.0640. The van der Waals surface area contributed by atoms with Crippen LogP contribution in [0.2, 0.25) is 16.6 Å². The minimum Gasteiger partial charge on any atom is -0.464 e. The van der Waals surface area contributed by atoms with Gasteiger partial charge in [-0.25, -0.2) is 15.0 Å². The number of hydrogen-bond acceptors (Lipinski definition) is 7. The second-order valence-corrected chi connectivity index (χ2v) is 17.5. The summed E-state index contributed by atoms with van der Waals surface area (Å²) in [5.41, 5.74) is 6.22. The van der Waals surface area contributed by atoms with Crippen molar-refractivity contribution in [1.82, 2.24) is 19.5 Å². The van der Waals surface area contributed by atoms with Crippen molar-refractivity contribution < 1.29 is 13.6 Å². The van der Waals surface area contributed by atoms with Crippen LogP contribution < -0.4 is 0 Å². The molecule has 0 N–H and O–H groups in total. The number of ether oxygens (including phenoxy) is 1. The maximum absolute atomic E-state index is 6.81. The summed E-state index contributed by atoms with van der Waals surface area (Å²) >= 11 is 1.53. The van der Waals surface area contributed by atoms with Crippen LogP contribution in [0.4, 0.5) is 0 Å². The molecule has 0 bridgehead atoms. The summed E-state index contributed by atoms with van der Waals surface area (Å²) in [6.07, 6.45) is 8.31. The van der Waals surface area contributed by atoms with Crippen LogP contribution in [0.25, 0.3) is 33.6 Å². The highest BCUT2D eigenvalue weighted by Crippen LogP contribution is 2.42. The average molecular weight is 581 g/mol. The normalized spacial score (nSPS) is 12.5. The third-order valence-electron chi connectivity index (χ3n) is 7.95. The van der Waals surface area contributed by atoms with Crippen molar-refractivity contribution >= 4 is 31.0 Å². The molecule has 0 fully saturated rings. The van der Waals surface area contributed by atoms with Gasteiger partial charge in [-0.1, -0.05) is 65.4 Å². The van der Waals surface area contributed by atoms with Crippen LogP contribution >= 0.6 is 11.8 Å². The molecule has 0 aliphatic heterocycles. The third kappa shape index (κ3) is 6.22. The maximum atomic E-state index is 6.81. The predicted molar refractivity (Wildman–Crippen MR) is 167 cm³/mol. The van der Waals surface area contributed by atoms with Crippen LogP contribution in [-0.4, -0.2) is 47.8 Å². The first-order valence-electron chi connectivity index (χ1n) is 14.3. The number of benzene rings is 1. The first-order valence-corrected chi connectivity index (χ1v) is 17.7. The minimum absolute atomic E-state index is 0.389. The molecule has 0 aliphatic rings. The Morgan fingerprint density at radius 1 is 0.975 bits per heavy atom. The van der Waals surface area contributed by atoms with Crippen LogP contribution in [0.1, 0.15) is 60.2 Å². The van der Waals surface area contributed by atoms with Gasteiger partial charge in [-0.2, -0.15) is 0 Å². The molecule has 3 aromatic heterocycles.